The second-order valence-corrected chi connectivity index (χ2v) is 11.0. The Bertz CT molecular complexity index is 1250. The molecule has 2 heterocycles. The number of amides is 2. The van der Waals surface area contributed by atoms with Crippen molar-refractivity contribution < 1.29 is 9.59 Å². The number of carbonyl (C=O) groups excluding carboxylic acids is 2. The first kappa shape index (κ1) is 19.7. The van der Waals surface area contributed by atoms with Crippen molar-refractivity contribution in [3.63, 3.8) is 0 Å². The standard InChI is InChI=1S/C26H20N2O2S2/c29-23(17-9-3-1-4-10-17)27-20-14-8-7-13-19(20)25-16-15-21-22(31-21)26(25,32-25)28-24(30)18-11-5-2-6-12-18/h1-16,21-22H,(H,27,29)(H,28,30). The first-order valence-electron chi connectivity index (χ1n) is 10.5. The van der Waals surface area contributed by atoms with Gasteiger partial charge in [-0.05, 0) is 35.9 Å². The van der Waals surface area contributed by atoms with Crippen molar-refractivity contribution in [3.8, 4) is 0 Å². The molecule has 3 aliphatic rings. The lowest BCUT2D eigenvalue weighted by Gasteiger charge is -2.26. The molecule has 2 fully saturated rings. The Labute approximate surface area is 194 Å². The maximum Gasteiger partial charge on any atom is 0.255 e. The summed E-state index contributed by atoms with van der Waals surface area (Å²) >= 11 is 3.65. The lowest BCUT2D eigenvalue weighted by molar-refractivity contribution is 0.0931. The van der Waals surface area contributed by atoms with Crippen molar-refractivity contribution in [2.24, 2.45) is 0 Å². The molecular formula is C26H20N2O2S2. The van der Waals surface area contributed by atoms with Gasteiger partial charge in [0.15, 0.2) is 0 Å². The van der Waals surface area contributed by atoms with Crippen molar-refractivity contribution in [2.45, 2.75) is 20.1 Å². The fraction of sp³-hybridized carbons (Fsp3) is 0.154. The summed E-state index contributed by atoms with van der Waals surface area (Å²) in [6.07, 6.45) is 4.47. The van der Waals surface area contributed by atoms with Crippen LogP contribution in [0.1, 0.15) is 26.3 Å². The molecule has 4 nitrogen and oxygen atoms in total. The molecule has 0 radical (unpaired) electrons. The summed E-state index contributed by atoms with van der Waals surface area (Å²) in [5.41, 5.74) is 3.07. The van der Waals surface area contributed by atoms with Gasteiger partial charge in [0, 0.05) is 22.1 Å². The number of para-hydroxylation sites is 1. The van der Waals surface area contributed by atoms with Crippen molar-refractivity contribution in [1.29, 1.82) is 0 Å². The van der Waals surface area contributed by atoms with Crippen LogP contribution in [0.2, 0.25) is 0 Å². The summed E-state index contributed by atoms with van der Waals surface area (Å²) in [6.45, 7) is 0. The lowest BCUT2D eigenvalue weighted by Crippen LogP contribution is -2.48. The molecule has 0 aromatic heterocycles. The summed E-state index contributed by atoms with van der Waals surface area (Å²) in [6, 6.07) is 26.5. The zero-order valence-electron chi connectivity index (χ0n) is 17.0. The molecule has 0 saturated carbocycles. The van der Waals surface area contributed by atoms with Crippen LogP contribution in [0.5, 0.6) is 0 Å². The molecule has 0 spiro atoms. The molecule has 158 valence electrons. The van der Waals surface area contributed by atoms with Crippen LogP contribution in [0.4, 0.5) is 5.69 Å². The fourth-order valence-corrected chi connectivity index (χ4v) is 7.82. The molecule has 3 aromatic rings. The Morgan fingerprint density at radius 3 is 2.12 bits per heavy atom. The molecule has 6 heteroatoms. The molecule has 3 aromatic carbocycles. The highest BCUT2D eigenvalue weighted by molar-refractivity contribution is 8.14. The zero-order valence-corrected chi connectivity index (χ0v) is 18.7. The van der Waals surface area contributed by atoms with E-state index in [1.165, 1.54) is 0 Å². The largest absolute Gasteiger partial charge is 0.334 e. The first-order chi connectivity index (χ1) is 15.6. The Balaban J connectivity index is 1.35. The van der Waals surface area contributed by atoms with Crippen LogP contribution < -0.4 is 10.6 Å². The highest BCUT2D eigenvalue weighted by Crippen LogP contribution is 2.80. The minimum atomic E-state index is -0.419. The smallest absolute Gasteiger partial charge is 0.255 e. The summed E-state index contributed by atoms with van der Waals surface area (Å²) in [4.78, 5) is 25.6. The maximum absolute atomic E-state index is 13.1. The molecule has 2 saturated heterocycles. The van der Waals surface area contributed by atoms with E-state index >= 15 is 0 Å². The predicted molar refractivity (Wildman–Crippen MR) is 131 cm³/mol. The zero-order chi connectivity index (χ0) is 21.8. The van der Waals surface area contributed by atoms with E-state index in [2.05, 4.69) is 28.9 Å². The molecule has 32 heavy (non-hydrogen) atoms. The summed E-state index contributed by atoms with van der Waals surface area (Å²) < 4.78 is -0.400. The highest BCUT2D eigenvalue weighted by atomic mass is 32.2. The second-order valence-electron chi connectivity index (χ2n) is 8.14. The van der Waals surface area contributed by atoms with E-state index in [9.17, 15) is 9.59 Å². The van der Waals surface area contributed by atoms with Gasteiger partial charge < -0.3 is 10.6 Å². The van der Waals surface area contributed by atoms with Gasteiger partial charge in [-0.15, -0.1) is 23.5 Å². The van der Waals surface area contributed by atoms with Crippen LogP contribution in [0, 0.1) is 0 Å². The molecule has 4 unspecified atom stereocenters. The highest BCUT2D eigenvalue weighted by Gasteiger charge is 2.79. The predicted octanol–water partition coefficient (Wildman–Crippen LogP) is 5.06. The van der Waals surface area contributed by atoms with Gasteiger partial charge in [0.05, 0.1) is 10.00 Å². The first-order valence-corrected chi connectivity index (χ1v) is 12.3. The number of hydrogen-bond acceptors (Lipinski definition) is 4. The van der Waals surface area contributed by atoms with E-state index in [0.717, 1.165) is 11.3 Å². The average molecular weight is 457 g/mol. The van der Waals surface area contributed by atoms with Crippen LogP contribution >= 0.6 is 23.5 Å². The topological polar surface area (TPSA) is 58.2 Å². The second kappa shape index (κ2) is 7.29. The van der Waals surface area contributed by atoms with Gasteiger partial charge in [-0.3, -0.25) is 9.59 Å². The summed E-state index contributed by atoms with van der Waals surface area (Å²) in [5.74, 6) is -0.204. The van der Waals surface area contributed by atoms with E-state index in [-0.39, 0.29) is 11.8 Å². The molecule has 4 atom stereocenters. The fourth-order valence-electron chi connectivity index (χ4n) is 4.55. The van der Waals surface area contributed by atoms with Crippen molar-refractivity contribution in [2.75, 3.05) is 5.32 Å². The van der Waals surface area contributed by atoms with Crippen LogP contribution in [-0.4, -0.2) is 27.2 Å². The van der Waals surface area contributed by atoms with Gasteiger partial charge >= 0.3 is 0 Å². The average Bonchev–Trinajstić information content (AvgIpc) is 3.74. The summed E-state index contributed by atoms with van der Waals surface area (Å²) in [7, 11) is 0. The van der Waals surface area contributed by atoms with E-state index in [4.69, 9.17) is 0 Å². The van der Waals surface area contributed by atoms with E-state index in [1.807, 2.05) is 78.5 Å². The van der Waals surface area contributed by atoms with Gasteiger partial charge in [0.1, 0.15) is 4.87 Å². The monoisotopic (exact) mass is 456 g/mol. The quantitative estimate of drug-likeness (QED) is 0.416. The molecule has 0 bridgehead atoms. The lowest BCUT2D eigenvalue weighted by atomic mass is 9.83. The maximum atomic E-state index is 13.1. The molecule has 2 N–H and O–H groups in total. The van der Waals surface area contributed by atoms with Crippen molar-refractivity contribution >= 4 is 41.0 Å². The number of hydrogen-bond donors (Lipinski definition) is 2. The van der Waals surface area contributed by atoms with Gasteiger partial charge in [0.25, 0.3) is 11.8 Å². The number of thioether (sulfide) groups is 2. The van der Waals surface area contributed by atoms with E-state index in [0.29, 0.717) is 21.6 Å². The number of benzene rings is 3. The van der Waals surface area contributed by atoms with E-state index in [1.54, 1.807) is 23.9 Å². The van der Waals surface area contributed by atoms with Crippen LogP contribution in [0.25, 0.3) is 0 Å². The molecular weight excluding hydrogens is 436 g/mol. The minimum absolute atomic E-state index is 0.0627. The van der Waals surface area contributed by atoms with Crippen LogP contribution in [0.3, 0.4) is 0 Å². The van der Waals surface area contributed by atoms with E-state index < -0.39 is 9.62 Å². The van der Waals surface area contributed by atoms with Gasteiger partial charge in [-0.25, -0.2) is 0 Å². The minimum Gasteiger partial charge on any atom is -0.334 e. The van der Waals surface area contributed by atoms with Crippen molar-refractivity contribution in [1.82, 2.24) is 5.32 Å². The molecule has 1 aliphatic carbocycles. The number of carbonyl (C=O) groups is 2. The third-order valence-electron chi connectivity index (χ3n) is 6.23. The Morgan fingerprint density at radius 2 is 1.41 bits per heavy atom. The SMILES string of the molecule is O=C(Nc1ccccc1C12C=CC3SC3C1(NC(=O)c1ccccc1)S2)c1ccccc1. The number of anilines is 1. The Hall–Kier alpha value is -2.96. The van der Waals surface area contributed by atoms with Gasteiger partial charge in [-0.2, -0.15) is 0 Å². The van der Waals surface area contributed by atoms with Crippen molar-refractivity contribution in [3.05, 3.63) is 114 Å². The number of fused-ring (bicyclic) bond motifs is 3. The van der Waals surface area contributed by atoms with Crippen LogP contribution in [-0.2, 0) is 4.75 Å². The third kappa shape index (κ3) is 3.01. The van der Waals surface area contributed by atoms with Crippen LogP contribution in [0.15, 0.2) is 97.1 Å². The summed E-state index contributed by atoms with van der Waals surface area (Å²) in [5, 5.41) is 7.22. The molecule has 2 amide bonds. The Morgan fingerprint density at radius 1 is 0.781 bits per heavy atom. The third-order valence-corrected chi connectivity index (χ3v) is 9.54. The number of nitrogens with one attached hydrogen (secondary N) is 2. The van der Waals surface area contributed by atoms with Gasteiger partial charge in [0.2, 0.25) is 0 Å². The number of rotatable bonds is 5. The molecule has 2 aliphatic heterocycles. The Kier molecular flexibility index (Phi) is 4.49. The van der Waals surface area contributed by atoms with Gasteiger partial charge in [-0.1, -0.05) is 66.7 Å². The molecule has 6 rings (SSSR count). The normalized spacial score (nSPS) is 28.8.